The van der Waals surface area contributed by atoms with E-state index < -0.39 is 0 Å². The fourth-order valence-electron chi connectivity index (χ4n) is 2.46. The minimum absolute atomic E-state index is 0.838. The number of anilines is 1. The van der Waals surface area contributed by atoms with Crippen LogP contribution in [0.3, 0.4) is 0 Å². The van der Waals surface area contributed by atoms with Gasteiger partial charge >= 0.3 is 0 Å². The second kappa shape index (κ2) is 11.4. The number of allylic oxidation sites excluding steroid dienone is 7. The molecule has 2 rings (SSSR count). The van der Waals surface area contributed by atoms with Crippen LogP contribution in [0.15, 0.2) is 79.2 Å². The lowest BCUT2D eigenvalue weighted by Crippen LogP contribution is -1.98. The highest BCUT2D eigenvalue weighted by Crippen LogP contribution is 2.22. The van der Waals surface area contributed by atoms with Gasteiger partial charge in [-0.15, -0.1) is 5.73 Å². The van der Waals surface area contributed by atoms with Crippen LogP contribution in [0.5, 0.6) is 0 Å². The lowest BCUT2D eigenvalue weighted by atomic mass is 10.1. The number of rotatable bonds is 5. The summed E-state index contributed by atoms with van der Waals surface area (Å²) < 4.78 is 2.05. The number of nitrogens with zero attached hydrogens (tertiary/aromatic N) is 2. The molecule has 0 aliphatic rings. The normalized spacial score (nSPS) is 11.2. The predicted molar refractivity (Wildman–Crippen MR) is 125 cm³/mol. The molecule has 1 aromatic carbocycles. The SMILES string of the molecule is C=C=C(C)/C=C\C(=C/C)c1cnc(C(=C)C)n1/C=C\C.Cc1cccc(N)c1. The highest BCUT2D eigenvalue weighted by atomic mass is 15.1. The van der Waals surface area contributed by atoms with Crippen LogP contribution >= 0.6 is 0 Å². The predicted octanol–water partition coefficient (Wildman–Crippen LogP) is 6.67. The Labute approximate surface area is 169 Å². The standard InChI is InChI=1S/C18H22N2.C7H9N/c1-7-12-20-17(13-19-18(20)14(4)5)16(9-3)11-10-15(6)8-2;1-6-3-2-4-7(8)5-6/h7,9-13H,2,4H2,1,3,5-6H3;2-5H,8H2,1H3/b11-10-,12-7-,16-9+;. The number of imidazole rings is 1. The molecule has 3 nitrogen and oxygen atoms in total. The van der Waals surface area contributed by atoms with Crippen LogP contribution in [-0.4, -0.2) is 9.55 Å². The molecule has 0 bridgehead atoms. The summed E-state index contributed by atoms with van der Waals surface area (Å²) >= 11 is 0. The van der Waals surface area contributed by atoms with E-state index in [4.69, 9.17) is 5.73 Å². The van der Waals surface area contributed by atoms with Crippen molar-refractivity contribution in [1.29, 1.82) is 0 Å². The van der Waals surface area contributed by atoms with Gasteiger partial charge in [-0.05, 0) is 69.0 Å². The summed E-state index contributed by atoms with van der Waals surface area (Å²) in [6.07, 6.45) is 12.0. The molecular weight excluding hydrogens is 342 g/mol. The maximum absolute atomic E-state index is 5.46. The lowest BCUT2D eigenvalue weighted by Gasteiger charge is -2.07. The van der Waals surface area contributed by atoms with Crippen molar-refractivity contribution in [1.82, 2.24) is 9.55 Å². The Balaban J connectivity index is 0.000000406. The number of hydrogen-bond donors (Lipinski definition) is 1. The average molecular weight is 374 g/mol. The number of hydrogen-bond acceptors (Lipinski definition) is 2. The lowest BCUT2D eigenvalue weighted by molar-refractivity contribution is 1.07. The Bertz CT molecular complexity index is 929. The topological polar surface area (TPSA) is 43.8 Å². The molecule has 3 heteroatoms. The summed E-state index contributed by atoms with van der Waals surface area (Å²) in [7, 11) is 0. The molecule has 0 aliphatic heterocycles. The first-order valence-corrected chi connectivity index (χ1v) is 9.23. The molecule has 1 heterocycles. The Hall–Kier alpha value is -3.29. The smallest absolute Gasteiger partial charge is 0.139 e. The Morgan fingerprint density at radius 1 is 1.21 bits per heavy atom. The molecular formula is C25H31N3. The van der Waals surface area contributed by atoms with E-state index in [9.17, 15) is 0 Å². The molecule has 0 radical (unpaired) electrons. The largest absolute Gasteiger partial charge is 0.399 e. The third-order valence-electron chi connectivity index (χ3n) is 3.92. The molecule has 0 aliphatic carbocycles. The number of aromatic nitrogens is 2. The van der Waals surface area contributed by atoms with Crippen molar-refractivity contribution in [2.45, 2.75) is 34.6 Å². The quantitative estimate of drug-likeness (QED) is 0.361. The van der Waals surface area contributed by atoms with Gasteiger partial charge in [0, 0.05) is 11.9 Å². The van der Waals surface area contributed by atoms with Crippen LogP contribution in [0.4, 0.5) is 5.69 Å². The summed E-state index contributed by atoms with van der Waals surface area (Å²) in [6.45, 7) is 17.6. The van der Waals surface area contributed by atoms with Gasteiger partial charge in [0.2, 0.25) is 0 Å². The molecule has 0 spiro atoms. The van der Waals surface area contributed by atoms with E-state index in [-0.39, 0.29) is 0 Å². The maximum atomic E-state index is 5.46. The van der Waals surface area contributed by atoms with Crippen LogP contribution in [-0.2, 0) is 0 Å². The molecule has 0 unspecified atom stereocenters. The van der Waals surface area contributed by atoms with Gasteiger partial charge in [-0.1, -0.05) is 49.6 Å². The molecule has 1 aromatic heterocycles. The first kappa shape index (κ1) is 22.8. The summed E-state index contributed by atoms with van der Waals surface area (Å²) in [5.74, 6) is 0.877. The summed E-state index contributed by atoms with van der Waals surface area (Å²) in [5.41, 5.74) is 14.4. The molecule has 0 saturated carbocycles. The van der Waals surface area contributed by atoms with Crippen LogP contribution < -0.4 is 5.73 Å². The summed E-state index contributed by atoms with van der Waals surface area (Å²) in [4.78, 5) is 4.45. The Morgan fingerprint density at radius 2 is 1.93 bits per heavy atom. The number of aryl methyl sites for hydroxylation is 1. The van der Waals surface area contributed by atoms with Gasteiger partial charge in [0.15, 0.2) is 0 Å². The first-order valence-electron chi connectivity index (χ1n) is 9.23. The average Bonchev–Trinajstić information content (AvgIpc) is 3.06. The van der Waals surface area contributed by atoms with Gasteiger partial charge < -0.3 is 5.73 Å². The molecule has 28 heavy (non-hydrogen) atoms. The summed E-state index contributed by atoms with van der Waals surface area (Å²) in [6, 6.07) is 7.80. The van der Waals surface area contributed by atoms with Crippen molar-refractivity contribution in [2.75, 3.05) is 5.73 Å². The van der Waals surface area contributed by atoms with Crippen molar-refractivity contribution in [3.05, 3.63) is 96.3 Å². The maximum Gasteiger partial charge on any atom is 0.139 e. The molecule has 0 amide bonds. The van der Waals surface area contributed by atoms with E-state index in [0.29, 0.717) is 0 Å². The molecule has 146 valence electrons. The first-order chi connectivity index (χ1) is 13.3. The minimum atomic E-state index is 0.838. The van der Waals surface area contributed by atoms with E-state index >= 15 is 0 Å². The van der Waals surface area contributed by atoms with Crippen LogP contribution in [0.2, 0.25) is 0 Å². The van der Waals surface area contributed by atoms with Crippen LogP contribution in [0.1, 0.15) is 44.8 Å². The van der Waals surface area contributed by atoms with Gasteiger partial charge in [-0.25, -0.2) is 4.98 Å². The van der Waals surface area contributed by atoms with Crippen LogP contribution in [0.25, 0.3) is 17.3 Å². The molecule has 0 saturated heterocycles. The van der Waals surface area contributed by atoms with Gasteiger partial charge in [0.05, 0.1) is 11.9 Å². The van der Waals surface area contributed by atoms with E-state index in [1.165, 1.54) is 5.56 Å². The number of nitrogens with two attached hydrogens (primary N) is 1. The summed E-state index contributed by atoms with van der Waals surface area (Å²) in [5, 5.41) is 0. The fourth-order valence-corrected chi connectivity index (χ4v) is 2.46. The molecule has 0 atom stereocenters. The van der Waals surface area contributed by atoms with Gasteiger partial charge in [-0.3, -0.25) is 4.57 Å². The second-order valence-electron chi connectivity index (χ2n) is 6.45. The minimum Gasteiger partial charge on any atom is -0.399 e. The van der Waals surface area contributed by atoms with Gasteiger partial charge in [0.1, 0.15) is 5.82 Å². The monoisotopic (exact) mass is 373 g/mol. The van der Waals surface area contributed by atoms with E-state index in [2.05, 4.69) is 34.5 Å². The van der Waals surface area contributed by atoms with Gasteiger partial charge in [0.25, 0.3) is 0 Å². The van der Waals surface area contributed by atoms with Crippen molar-refractivity contribution >= 4 is 23.0 Å². The third kappa shape index (κ3) is 6.79. The third-order valence-corrected chi connectivity index (χ3v) is 3.92. The Kier molecular flexibility index (Phi) is 9.29. The van der Waals surface area contributed by atoms with Crippen molar-refractivity contribution in [3.8, 4) is 0 Å². The van der Waals surface area contributed by atoms with E-state index in [1.807, 2.05) is 89.5 Å². The zero-order chi connectivity index (χ0) is 21.1. The van der Waals surface area contributed by atoms with E-state index in [1.54, 1.807) is 0 Å². The highest BCUT2D eigenvalue weighted by molar-refractivity contribution is 5.75. The van der Waals surface area contributed by atoms with Crippen molar-refractivity contribution in [3.63, 3.8) is 0 Å². The number of nitrogen functional groups attached to an aromatic ring is 1. The van der Waals surface area contributed by atoms with Crippen molar-refractivity contribution < 1.29 is 0 Å². The Morgan fingerprint density at radius 3 is 2.39 bits per heavy atom. The molecule has 2 aromatic rings. The molecule has 2 N–H and O–H groups in total. The number of benzene rings is 1. The molecule has 0 fully saturated rings. The zero-order valence-electron chi connectivity index (χ0n) is 17.7. The highest BCUT2D eigenvalue weighted by Gasteiger charge is 2.10. The van der Waals surface area contributed by atoms with Gasteiger partial charge in [-0.2, -0.15) is 0 Å². The zero-order valence-corrected chi connectivity index (χ0v) is 17.7. The fraction of sp³-hybridized carbons (Fsp3) is 0.200. The van der Waals surface area contributed by atoms with Crippen LogP contribution in [0, 0.1) is 6.92 Å². The van der Waals surface area contributed by atoms with Crippen molar-refractivity contribution in [2.24, 2.45) is 0 Å². The van der Waals surface area contributed by atoms with E-state index in [0.717, 1.165) is 33.9 Å². The second-order valence-corrected chi connectivity index (χ2v) is 6.45.